The molecule has 2 fully saturated rings. The lowest BCUT2D eigenvalue weighted by Crippen LogP contribution is -2.44. The van der Waals surface area contributed by atoms with Gasteiger partial charge in [-0.1, -0.05) is 0 Å². The van der Waals surface area contributed by atoms with Crippen molar-refractivity contribution < 1.29 is 13.9 Å². The fourth-order valence-electron chi connectivity index (χ4n) is 2.63. The molecule has 0 aromatic carbocycles. The largest absolute Gasteiger partial charge is 0.449 e. The Hall–Kier alpha value is -1.27. The number of nitrogens with one attached hydrogen (secondary N) is 1. The van der Waals surface area contributed by atoms with E-state index in [9.17, 15) is 4.79 Å². The lowest BCUT2D eigenvalue weighted by atomic mass is 9.92. The van der Waals surface area contributed by atoms with Gasteiger partial charge in [-0.15, -0.1) is 12.4 Å². The zero-order chi connectivity index (χ0) is 12.6. The molecule has 7 heteroatoms. The second-order valence-corrected chi connectivity index (χ2v) is 5.01. The maximum atomic E-state index is 11.9. The number of aryl methyl sites for hydroxylation is 1. The molecule has 2 aliphatic rings. The average Bonchev–Trinajstić information content (AvgIpc) is 2.86. The number of carbonyl (C=O) groups is 1. The predicted molar refractivity (Wildman–Crippen MR) is 70.2 cm³/mol. The second-order valence-electron chi connectivity index (χ2n) is 5.01. The fraction of sp³-hybridized carbons (Fsp3) is 0.667. The third-order valence-corrected chi connectivity index (χ3v) is 3.58. The second kappa shape index (κ2) is 5.38. The highest BCUT2D eigenvalue weighted by Gasteiger charge is 2.45. The van der Waals surface area contributed by atoms with Gasteiger partial charge in [0.05, 0.1) is 18.8 Å². The van der Waals surface area contributed by atoms with Gasteiger partial charge in [0, 0.05) is 19.8 Å². The summed E-state index contributed by atoms with van der Waals surface area (Å²) in [4.78, 5) is 17.8. The minimum absolute atomic E-state index is 0. The number of ether oxygens (including phenoxy) is 1. The van der Waals surface area contributed by atoms with E-state index in [1.165, 1.54) is 0 Å². The van der Waals surface area contributed by atoms with E-state index >= 15 is 0 Å². The molecule has 19 heavy (non-hydrogen) atoms. The van der Waals surface area contributed by atoms with Crippen LogP contribution in [0.2, 0.25) is 0 Å². The standard InChI is InChI=1S/C12H17N3O3.ClH/c1-9-14-10(7-17-9)6-15-8-12(18-11(15)16)2-4-13-5-3-12;/h7,13H,2-6,8H2,1H3;1H. The van der Waals surface area contributed by atoms with E-state index in [4.69, 9.17) is 9.15 Å². The molecule has 1 aromatic heterocycles. The summed E-state index contributed by atoms with van der Waals surface area (Å²) in [6.45, 7) is 4.72. The number of carbonyl (C=O) groups excluding carboxylic acids is 1. The predicted octanol–water partition coefficient (Wildman–Crippen LogP) is 1.48. The third kappa shape index (κ3) is 2.84. The Labute approximate surface area is 117 Å². The van der Waals surface area contributed by atoms with Gasteiger partial charge in [-0.3, -0.25) is 4.90 Å². The van der Waals surface area contributed by atoms with Gasteiger partial charge in [0.15, 0.2) is 5.89 Å². The normalized spacial score (nSPS) is 21.3. The highest BCUT2D eigenvalue weighted by Crippen LogP contribution is 2.31. The zero-order valence-electron chi connectivity index (χ0n) is 10.8. The van der Waals surface area contributed by atoms with E-state index < -0.39 is 0 Å². The van der Waals surface area contributed by atoms with Gasteiger partial charge in [-0.05, 0) is 13.1 Å². The van der Waals surface area contributed by atoms with Crippen LogP contribution in [0.15, 0.2) is 10.7 Å². The third-order valence-electron chi connectivity index (χ3n) is 3.58. The van der Waals surface area contributed by atoms with Crippen molar-refractivity contribution in [3.8, 4) is 0 Å². The minimum atomic E-state index is -0.291. The van der Waals surface area contributed by atoms with Gasteiger partial charge < -0.3 is 14.5 Å². The monoisotopic (exact) mass is 287 g/mol. The quantitative estimate of drug-likeness (QED) is 0.892. The molecule has 0 saturated carbocycles. The number of hydrogen-bond acceptors (Lipinski definition) is 5. The summed E-state index contributed by atoms with van der Waals surface area (Å²) in [5.74, 6) is 0.620. The number of oxazole rings is 1. The van der Waals surface area contributed by atoms with Gasteiger partial charge >= 0.3 is 6.09 Å². The van der Waals surface area contributed by atoms with Crippen LogP contribution in [0.25, 0.3) is 0 Å². The van der Waals surface area contributed by atoms with E-state index in [0.29, 0.717) is 19.0 Å². The maximum Gasteiger partial charge on any atom is 0.410 e. The lowest BCUT2D eigenvalue weighted by Gasteiger charge is -2.31. The average molecular weight is 288 g/mol. The Morgan fingerprint density at radius 1 is 1.47 bits per heavy atom. The number of halogens is 1. The highest BCUT2D eigenvalue weighted by atomic mass is 35.5. The number of nitrogens with zero attached hydrogens (tertiary/aromatic N) is 2. The molecule has 3 rings (SSSR count). The van der Waals surface area contributed by atoms with Crippen molar-refractivity contribution in [2.24, 2.45) is 0 Å². The van der Waals surface area contributed by atoms with Crippen LogP contribution in [-0.4, -0.2) is 41.2 Å². The van der Waals surface area contributed by atoms with E-state index in [-0.39, 0.29) is 24.1 Å². The minimum Gasteiger partial charge on any atom is -0.449 e. The van der Waals surface area contributed by atoms with Crippen LogP contribution in [0.1, 0.15) is 24.4 Å². The summed E-state index contributed by atoms with van der Waals surface area (Å²) in [6, 6.07) is 0. The Kier molecular flexibility index (Phi) is 4.01. The molecular formula is C12H18ClN3O3. The number of hydrogen-bond donors (Lipinski definition) is 1. The topological polar surface area (TPSA) is 67.6 Å². The van der Waals surface area contributed by atoms with Crippen molar-refractivity contribution in [2.75, 3.05) is 19.6 Å². The van der Waals surface area contributed by atoms with Crippen LogP contribution >= 0.6 is 12.4 Å². The van der Waals surface area contributed by atoms with Crippen LogP contribution in [0.3, 0.4) is 0 Å². The summed E-state index contributed by atoms with van der Waals surface area (Å²) in [7, 11) is 0. The Bertz CT molecular complexity index is 457. The van der Waals surface area contributed by atoms with Gasteiger partial charge in [0.25, 0.3) is 0 Å². The summed E-state index contributed by atoms with van der Waals surface area (Å²) in [6.07, 6.45) is 3.12. The van der Waals surface area contributed by atoms with Gasteiger partial charge in [-0.2, -0.15) is 0 Å². The van der Waals surface area contributed by atoms with Crippen molar-refractivity contribution in [3.63, 3.8) is 0 Å². The highest BCUT2D eigenvalue weighted by molar-refractivity contribution is 5.85. The molecule has 2 saturated heterocycles. The molecule has 0 unspecified atom stereocenters. The summed E-state index contributed by atoms with van der Waals surface area (Å²) < 4.78 is 10.7. The van der Waals surface area contributed by atoms with Crippen LogP contribution in [0, 0.1) is 6.92 Å². The van der Waals surface area contributed by atoms with Gasteiger partial charge in [-0.25, -0.2) is 9.78 Å². The summed E-state index contributed by atoms with van der Waals surface area (Å²) in [5, 5.41) is 3.28. The lowest BCUT2D eigenvalue weighted by molar-refractivity contribution is 0.0316. The Balaban J connectivity index is 0.00000133. The molecule has 106 valence electrons. The van der Waals surface area contributed by atoms with Crippen molar-refractivity contribution in [1.82, 2.24) is 15.2 Å². The van der Waals surface area contributed by atoms with Crippen LogP contribution in [0.5, 0.6) is 0 Å². The van der Waals surface area contributed by atoms with Gasteiger partial charge in [0.1, 0.15) is 11.9 Å². The Morgan fingerprint density at radius 3 is 2.84 bits per heavy atom. The number of rotatable bonds is 2. The molecule has 2 aliphatic heterocycles. The first-order valence-corrected chi connectivity index (χ1v) is 6.27. The SMILES string of the molecule is Cc1nc(CN2CC3(CCNCC3)OC2=O)co1.Cl. The molecule has 1 amide bonds. The van der Waals surface area contributed by atoms with E-state index in [1.54, 1.807) is 18.1 Å². The molecule has 0 bridgehead atoms. The van der Waals surface area contributed by atoms with Crippen molar-refractivity contribution >= 4 is 18.5 Å². The first-order valence-electron chi connectivity index (χ1n) is 6.27. The van der Waals surface area contributed by atoms with Crippen molar-refractivity contribution in [1.29, 1.82) is 0 Å². The molecular weight excluding hydrogens is 270 g/mol. The van der Waals surface area contributed by atoms with Gasteiger partial charge in [0.2, 0.25) is 0 Å². The number of piperidine rings is 1. The first-order chi connectivity index (χ1) is 8.67. The van der Waals surface area contributed by atoms with E-state index in [1.807, 2.05) is 0 Å². The molecule has 1 aromatic rings. The smallest absolute Gasteiger partial charge is 0.410 e. The van der Waals surface area contributed by atoms with Crippen LogP contribution < -0.4 is 5.32 Å². The van der Waals surface area contributed by atoms with E-state index in [0.717, 1.165) is 31.6 Å². The Morgan fingerprint density at radius 2 is 2.21 bits per heavy atom. The zero-order valence-corrected chi connectivity index (χ0v) is 11.7. The van der Waals surface area contributed by atoms with Crippen molar-refractivity contribution in [2.45, 2.75) is 31.9 Å². The maximum absolute atomic E-state index is 11.9. The molecule has 0 radical (unpaired) electrons. The summed E-state index contributed by atoms with van der Waals surface area (Å²) >= 11 is 0. The molecule has 1 spiro atoms. The van der Waals surface area contributed by atoms with Crippen LogP contribution in [0.4, 0.5) is 4.79 Å². The molecule has 1 N–H and O–H groups in total. The number of amides is 1. The summed E-state index contributed by atoms with van der Waals surface area (Å²) in [5.41, 5.74) is 0.483. The molecule has 0 atom stereocenters. The van der Waals surface area contributed by atoms with Crippen LogP contribution in [-0.2, 0) is 11.3 Å². The molecule has 3 heterocycles. The molecule has 0 aliphatic carbocycles. The van der Waals surface area contributed by atoms with Crippen molar-refractivity contribution in [3.05, 3.63) is 17.8 Å². The number of aromatic nitrogens is 1. The van der Waals surface area contributed by atoms with E-state index in [2.05, 4.69) is 10.3 Å². The fourth-order valence-corrected chi connectivity index (χ4v) is 2.63. The molecule has 6 nitrogen and oxygen atoms in total. The first kappa shape index (κ1) is 14.1.